The smallest absolute Gasteiger partial charge is 0.242 e. The van der Waals surface area contributed by atoms with E-state index in [4.69, 9.17) is 0 Å². The largest absolute Gasteiger partial charge is 0.347 e. The Morgan fingerprint density at radius 2 is 2.00 bits per heavy atom. The Balaban J connectivity index is 1.46. The molecule has 0 aromatic carbocycles. The van der Waals surface area contributed by atoms with Gasteiger partial charge in [0, 0.05) is 50.9 Å². The molecule has 2 aliphatic rings. The molecule has 22 heavy (non-hydrogen) atoms. The summed E-state index contributed by atoms with van der Waals surface area (Å²) in [6.07, 6.45) is 4.79. The maximum Gasteiger partial charge on any atom is 0.242 e. The van der Waals surface area contributed by atoms with Crippen molar-refractivity contribution < 1.29 is 9.59 Å². The zero-order valence-corrected chi connectivity index (χ0v) is 12.9. The number of carbonyl (C=O) groups excluding carboxylic acids is 2. The Labute approximate surface area is 130 Å². The molecule has 2 amide bonds. The Morgan fingerprint density at radius 3 is 2.68 bits per heavy atom. The quantitative estimate of drug-likeness (QED) is 0.866. The van der Waals surface area contributed by atoms with Gasteiger partial charge in [0.15, 0.2) is 0 Å². The summed E-state index contributed by atoms with van der Waals surface area (Å²) in [6.45, 7) is 6.25. The molecule has 6 nitrogen and oxygen atoms in total. The third-order valence-corrected chi connectivity index (χ3v) is 4.57. The number of amides is 2. The fourth-order valence-electron chi connectivity index (χ4n) is 3.42. The summed E-state index contributed by atoms with van der Waals surface area (Å²) in [5, 5.41) is 2.57. The Morgan fingerprint density at radius 1 is 1.27 bits per heavy atom. The molecular weight excluding hydrogens is 280 g/mol. The van der Waals surface area contributed by atoms with Gasteiger partial charge in [0.25, 0.3) is 0 Å². The van der Waals surface area contributed by atoms with Crippen LogP contribution in [0.2, 0.25) is 0 Å². The van der Waals surface area contributed by atoms with Gasteiger partial charge in [-0.05, 0) is 30.7 Å². The molecule has 1 aromatic heterocycles. The lowest BCUT2D eigenvalue weighted by molar-refractivity contribution is -0.142. The molecule has 2 saturated heterocycles. The lowest BCUT2D eigenvalue weighted by Gasteiger charge is -2.48. The highest BCUT2D eigenvalue weighted by molar-refractivity contribution is 5.84. The van der Waals surface area contributed by atoms with Crippen molar-refractivity contribution in [2.24, 2.45) is 5.41 Å². The molecule has 1 spiro atoms. The van der Waals surface area contributed by atoms with Crippen LogP contribution >= 0.6 is 0 Å². The van der Waals surface area contributed by atoms with Gasteiger partial charge in [0.05, 0.1) is 6.54 Å². The van der Waals surface area contributed by atoms with Crippen LogP contribution < -0.4 is 5.32 Å². The molecule has 0 saturated carbocycles. The average Bonchev–Trinajstić information content (AvgIpc) is 2.88. The maximum absolute atomic E-state index is 11.9. The number of nitrogens with zero attached hydrogens (tertiary/aromatic N) is 3. The first kappa shape index (κ1) is 15.0. The monoisotopic (exact) mass is 302 g/mol. The third kappa shape index (κ3) is 3.27. The van der Waals surface area contributed by atoms with Gasteiger partial charge >= 0.3 is 0 Å². The highest BCUT2D eigenvalue weighted by Crippen LogP contribution is 2.39. The number of hydrogen-bond donors (Lipinski definition) is 1. The second-order valence-corrected chi connectivity index (χ2v) is 6.48. The van der Waals surface area contributed by atoms with Crippen molar-refractivity contribution in [2.75, 3.05) is 32.7 Å². The Hall–Kier alpha value is -1.95. The minimum Gasteiger partial charge on any atom is -0.347 e. The third-order valence-electron chi connectivity index (χ3n) is 4.57. The number of rotatable bonds is 4. The van der Waals surface area contributed by atoms with E-state index in [1.54, 1.807) is 0 Å². The highest BCUT2D eigenvalue weighted by Gasteiger charge is 2.48. The van der Waals surface area contributed by atoms with Crippen molar-refractivity contribution in [1.29, 1.82) is 0 Å². The predicted molar refractivity (Wildman–Crippen MR) is 81.8 cm³/mol. The number of nitrogens with one attached hydrogen (secondary N) is 1. The number of pyridine rings is 1. The van der Waals surface area contributed by atoms with Gasteiger partial charge in [-0.2, -0.15) is 0 Å². The molecule has 2 fully saturated rings. The molecule has 3 rings (SSSR count). The zero-order chi connectivity index (χ0) is 15.6. The molecule has 6 heteroatoms. The first-order valence-electron chi connectivity index (χ1n) is 7.70. The first-order valence-corrected chi connectivity index (χ1v) is 7.70. The van der Waals surface area contributed by atoms with Gasteiger partial charge in [0.1, 0.15) is 0 Å². The SMILES string of the molecule is CC(=O)NCC(=O)N1CC2(CCN(Cc3ccncc3)C2)C1. The molecule has 118 valence electrons. The van der Waals surface area contributed by atoms with Crippen molar-refractivity contribution in [3.63, 3.8) is 0 Å². The van der Waals surface area contributed by atoms with Crippen LogP contribution in [-0.2, 0) is 16.1 Å². The first-order chi connectivity index (χ1) is 10.6. The van der Waals surface area contributed by atoms with Crippen LogP contribution in [0.3, 0.4) is 0 Å². The Bertz CT molecular complexity index is 555. The van der Waals surface area contributed by atoms with E-state index in [9.17, 15) is 9.59 Å². The summed E-state index contributed by atoms with van der Waals surface area (Å²) in [6, 6.07) is 4.10. The second-order valence-electron chi connectivity index (χ2n) is 6.48. The van der Waals surface area contributed by atoms with Gasteiger partial charge in [-0.1, -0.05) is 0 Å². The minimum absolute atomic E-state index is 0.0217. The van der Waals surface area contributed by atoms with Crippen LogP contribution in [0.25, 0.3) is 0 Å². The van der Waals surface area contributed by atoms with Crippen molar-refractivity contribution in [3.05, 3.63) is 30.1 Å². The van der Waals surface area contributed by atoms with Crippen LogP contribution in [0.5, 0.6) is 0 Å². The maximum atomic E-state index is 11.9. The van der Waals surface area contributed by atoms with E-state index in [1.807, 2.05) is 17.3 Å². The lowest BCUT2D eigenvalue weighted by Crippen LogP contribution is -2.61. The number of hydrogen-bond acceptors (Lipinski definition) is 4. The molecule has 0 atom stereocenters. The van der Waals surface area contributed by atoms with E-state index < -0.39 is 0 Å². The van der Waals surface area contributed by atoms with E-state index in [0.29, 0.717) is 0 Å². The second kappa shape index (κ2) is 6.04. The fraction of sp³-hybridized carbons (Fsp3) is 0.562. The van der Waals surface area contributed by atoms with Gasteiger partial charge in [0.2, 0.25) is 11.8 Å². The van der Waals surface area contributed by atoms with Crippen molar-refractivity contribution in [2.45, 2.75) is 19.9 Å². The molecule has 2 aliphatic heterocycles. The molecule has 0 bridgehead atoms. The van der Waals surface area contributed by atoms with Gasteiger partial charge in [-0.25, -0.2) is 0 Å². The number of likely N-dealkylation sites (tertiary alicyclic amines) is 2. The number of carbonyl (C=O) groups is 2. The summed E-state index contributed by atoms with van der Waals surface area (Å²) in [5.41, 5.74) is 1.55. The van der Waals surface area contributed by atoms with Gasteiger partial charge in [-0.15, -0.1) is 0 Å². The molecule has 1 aromatic rings. The van der Waals surface area contributed by atoms with Crippen LogP contribution in [0, 0.1) is 5.41 Å². The summed E-state index contributed by atoms with van der Waals surface area (Å²) in [4.78, 5) is 31.1. The summed E-state index contributed by atoms with van der Waals surface area (Å²) < 4.78 is 0. The molecule has 0 radical (unpaired) electrons. The van der Waals surface area contributed by atoms with Crippen molar-refractivity contribution in [3.8, 4) is 0 Å². The van der Waals surface area contributed by atoms with Crippen LogP contribution in [0.15, 0.2) is 24.5 Å². The summed E-state index contributed by atoms with van der Waals surface area (Å²) in [7, 11) is 0. The predicted octanol–water partition coefficient (Wildman–Crippen LogP) is 0.252. The zero-order valence-electron chi connectivity index (χ0n) is 12.9. The Kier molecular flexibility index (Phi) is 4.11. The topological polar surface area (TPSA) is 65.5 Å². The fourth-order valence-corrected chi connectivity index (χ4v) is 3.42. The standard InChI is InChI=1S/C16H22N4O2/c1-13(21)18-8-15(22)20-11-16(12-20)4-7-19(10-16)9-14-2-5-17-6-3-14/h2-3,5-6H,4,7-12H2,1H3,(H,18,21). The van der Waals surface area contributed by atoms with E-state index in [2.05, 4.69) is 27.3 Å². The van der Waals surface area contributed by atoms with E-state index in [0.717, 1.165) is 39.1 Å². The highest BCUT2D eigenvalue weighted by atomic mass is 16.2. The summed E-state index contributed by atoms with van der Waals surface area (Å²) >= 11 is 0. The van der Waals surface area contributed by atoms with Crippen LogP contribution in [-0.4, -0.2) is 59.3 Å². The molecule has 3 heterocycles. The van der Waals surface area contributed by atoms with Gasteiger partial charge in [-0.3, -0.25) is 19.5 Å². The molecular formula is C16H22N4O2. The average molecular weight is 302 g/mol. The normalized spacial score (nSPS) is 20.0. The minimum atomic E-state index is -0.159. The van der Waals surface area contributed by atoms with Crippen LogP contribution in [0.4, 0.5) is 0 Å². The summed E-state index contributed by atoms with van der Waals surface area (Å²) in [5.74, 6) is -0.138. The molecule has 0 aliphatic carbocycles. The molecule has 1 N–H and O–H groups in total. The van der Waals surface area contributed by atoms with E-state index >= 15 is 0 Å². The van der Waals surface area contributed by atoms with Gasteiger partial charge < -0.3 is 10.2 Å². The number of aromatic nitrogens is 1. The van der Waals surface area contributed by atoms with Crippen LogP contribution in [0.1, 0.15) is 18.9 Å². The van der Waals surface area contributed by atoms with E-state index in [1.165, 1.54) is 12.5 Å². The van der Waals surface area contributed by atoms with Crippen molar-refractivity contribution in [1.82, 2.24) is 20.1 Å². The lowest BCUT2D eigenvalue weighted by atomic mass is 9.79. The van der Waals surface area contributed by atoms with Crippen molar-refractivity contribution >= 4 is 11.8 Å². The molecule has 0 unspecified atom stereocenters. The van der Waals surface area contributed by atoms with E-state index in [-0.39, 0.29) is 23.8 Å².